The first-order valence-corrected chi connectivity index (χ1v) is 7.39. The van der Waals surface area contributed by atoms with Crippen LogP contribution in [0.2, 0.25) is 0 Å². The summed E-state index contributed by atoms with van der Waals surface area (Å²) in [5.74, 6) is -2.62. The highest BCUT2D eigenvalue weighted by atomic mass is 19.2. The number of hydrogen-bond acceptors (Lipinski definition) is 1. The number of hydrogen-bond donors (Lipinski definition) is 1. The van der Waals surface area contributed by atoms with Crippen LogP contribution in [0.4, 0.5) is 13.2 Å². The average molecular weight is 285 g/mol. The number of rotatable bonds is 4. The second-order valence-corrected chi connectivity index (χ2v) is 5.73. The molecule has 0 spiro atoms. The Morgan fingerprint density at radius 1 is 1.20 bits per heavy atom. The van der Waals surface area contributed by atoms with Gasteiger partial charge in [-0.05, 0) is 37.8 Å². The fraction of sp³-hybridized carbons (Fsp3) is 0.625. The van der Waals surface area contributed by atoms with E-state index in [4.69, 9.17) is 0 Å². The maximum Gasteiger partial charge on any atom is 0.194 e. The van der Waals surface area contributed by atoms with Gasteiger partial charge < -0.3 is 5.32 Å². The van der Waals surface area contributed by atoms with Gasteiger partial charge in [-0.1, -0.05) is 32.3 Å². The molecule has 4 heteroatoms. The third-order valence-electron chi connectivity index (χ3n) is 4.58. The fourth-order valence-electron chi connectivity index (χ4n) is 3.43. The Balaban J connectivity index is 2.26. The number of benzene rings is 1. The zero-order chi connectivity index (χ0) is 14.7. The molecule has 0 heterocycles. The highest BCUT2D eigenvalue weighted by Crippen LogP contribution is 2.39. The smallest absolute Gasteiger partial charge is 0.194 e. The quantitative estimate of drug-likeness (QED) is 0.798. The van der Waals surface area contributed by atoms with Gasteiger partial charge in [-0.3, -0.25) is 0 Å². The topological polar surface area (TPSA) is 12.0 Å². The molecule has 0 saturated heterocycles. The van der Waals surface area contributed by atoms with Gasteiger partial charge in [-0.25, -0.2) is 13.2 Å². The van der Waals surface area contributed by atoms with Crippen molar-refractivity contribution in [3.8, 4) is 0 Å². The molecule has 1 aromatic rings. The largest absolute Gasteiger partial charge is 0.313 e. The molecule has 1 fully saturated rings. The van der Waals surface area contributed by atoms with E-state index in [1.54, 1.807) is 7.05 Å². The second kappa shape index (κ2) is 6.61. The van der Waals surface area contributed by atoms with Crippen molar-refractivity contribution in [3.63, 3.8) is 0 Å². The molecule has 1 aliphatic carbocycles. The zero-order valence-electron chi connectivity index (χ0n) is 12.1. The molecule has 1 aliphatic rings. The Labute approximate surface area is 118 Å². The minimum atomic E-state index is -1.37. The summed E-state index contributed by atoms with van der Waals surface area (Å²) in [7, 11) is 1.75. The average Bonchev–Trinajstić information content (AvgIpc) is 2.48. The van der Waals surface area contributed by atoms with Crippen LogP contribution in [-0.4, -0.2) is 7.05 Å². The van der Waals surface area contributed by atoms with Crippen molar-refractivity contribution in [1.29, 1.82) is 0 Å². The van der Waals surface area contributed by atoms with E-state index in [-0.39, 0.29) is 17.5 Å². The Hall–Kier alpha value is -1.03. The van der Waals surface area contributed by atoms with Crippen LogP contribution in [-0.2, 0) is 0 Å². The van der Waals surface area contributed by atoms with Crippen LogP contribution in [0.3, 0.4) is 0 Å². The molecule has 2 rings (SSSR count). The Kier molecular flexibility index (Phi) is 5.08. The lowest BCUT2D eigenvalue weighted by atomic mass is 9.75. The molecule has 1 N–H and O–H groups in total. The van der Waals surface area contributed by atoms with E-state index in [1.165, 1.54) is 12.5 Å². The molecule has 1 aromatic carbocycles. The highest BCUT2D eigenvalue weighted by Gasteiger charge is 2.30. The van der Waals surface area contributed by atoms with E-state index in [0.29, 0.717) is 5.92 Å². The summed E-state index contributed by atoms with van der Waals surface area (Å²) in [6.07, 6.45) is 5.46. The SMILES string of the molecule is CCC1CCCC(C(NC)c2ccc(F)c(F)c2F)C1. The molecule has 3 unspecified atom stereocenters. The van der Waals surface area contributed by atoms with E-state index in [9.17, 15) is 13.2 Å². The van der Waals surface area contributed by atoms with E-state index in [2.05, 4.69) is 12.2 Å². The van der Waals surface area contributed by atoms with Crippen molar-refractivity contribution >= 4 is 0 Å². The van der Waals surface area contributed by atoms with Crippen molar-refractivity contribution < 1.29 is 13.2 Å². The minimum absolute atomic E-state index is 0.244. The monoisotopic (exact) mass is 285 g/mol. The lowest BCUT2D eigenvalue weighted by Gasteiger charge is -2.34. The number of nitrogens with one attached hydrogen (secondary N) is 1. The van der Waals surface area contributed by atoms with Gasteiger partial charge in [-0.2, -0.15) is 0 Å². The first-order chi connectivity index (χ1) is 9.58. The third-order valence-corrected chi connectivity index (χ3v) is 4.58. The molecule has 112 valence electrons. The minimum Gasteiger partial charge on any atom is -0.313 e. The van der Waals surface area contributed by atoms with Crippen LogP contribution in [0, 0.1) is 29.3 Å². The van der Waals surface area contributed by atoms with Crippen molar-refractivity contribution in [2.24, 2.45) is 11.8 Å². The second-order valence-electron chi connectivity index (χ2n) is 5.73. The molecule has 1 saturated carbocycles. The lowest BCUT2D eigenvalue weighted by molar-refractivity contribution is 0.211. The van der Waals surface area contributed by atoms with E-state index in [1.807, 2.05) is 0 Å². The molecule has 0 radical (unpaired) electrons. The van der Waals surface area contributed by atoms with Gasteiger partial charge in [-0.15, -0.1) is 0 Å². The molecule has 20 heavy (non-hydrogen) atoms. The molecule has 0 aromatic heterocycles. The van der Waals surface area contributed by atoms with Gasteiger partial charge in [0.05, 0.1) is 0 Å². The normalized spacial score (nSPS) is 24.6. The molecule has 0 bridgehead atoms. The van der Waals surface area contributed by atoms with E-state index >= 15 is 0 Å². The van der Waals surface area contributed by atoms with Gasteiger partial charge in [0.25, 0.3) is 0 Å². The summed E-state index contributed by atoms with van der Waals surface area (Å²) in [5.41, 5.74) is 0.244. The molecule has 1 nitrogen and oxygen atoms in total. The van der Waals surface area contributed by atoms with Gasteiger partial charge in [0.15, 0.2) is 17.5 Å². The predicted molar refractivity (Wildman–Crippen MR) is 73.9 cm³/mol. The maximum absolute atomic E-state index is 14.0. The van der Waals surface area contributed by atoms with Crippen LogP contribution in [0.15, 0.2) is 12.1 Å². The highest BCUT2D eigenvalue weighted by molar-refractivity contribution is 5.24. The predicted octanol–water partition coefficient (Wildman–Crippen LogP) is 4.58. The summed E-state index contributed by atoms with van der Waals surface area (Å²) < 4.78 is 40.4. The molecular weight excluding hydrogens is 263 g/mol. The summed E-state index contributed by atoms with van der Waals surface area (Å²) in [6, 6.07) is 2.13. The molecule has 3 atom stereocenters. The van der Waals surface area contributed by atoms with Gasteiger partial charge >= 0.3 is 0 Å². The Morgan fingerprint density at radius 2 is 1.95 bits per heavy atom. The Morgan fingerprint density at radius 3 is 2.60 bits per heavy atom. The molecule has 0 amide bonds. The van der Waals surface area contributed by atoms with E-state index < -0.39 is 17.5 Å². The van der Waals surface area contributed by atoms with Gasteiger partial charge in [0.2, 0.25) is 0 Å². The van der Waals surface area contributed by atoms with Crippen molar-refractivity contribution in [1.82, 2.24) is 5.32 Å². The van der Waals surface area contributed by atoms with Crippen molar-refractivity contribution in [2.75, 3.05) is 7.05 Å². The third kappa shape index (κ3) is 3.00. The molecular formula is C16H22F3N. The van der Waals surface area contributed by atoms with Gasteiger partial charge in [0.1, 0.15) is 0 Å². The standard InChI is InChI=1S/C16H22F3N/c1-3-10-5-4-6-11(9-10)16(20-2)12-7-8-13(17)15(19)14(12)18/h7-8,10-11,16,20H,3-6,9H2,1-2H3. The first-order valence-electron chi connectivity index (χ1n) is 7.39. The van der Waals surface area contributed by atoms with Crippen LogP contribution in [0.5, 0.6) is 0 Å². The maximum atomic E-state index is 14.0. The molecule has 0 aliphatic heterocycles. The summed E-state index contributed by atoms with van der Waals surface area (Å²) in [6.45, 7) is 2.17. The number of halogens is 3. The summed E-state index contributed by atoms with van der Waals surface area (Å²) >= 11 is 0. The fourth-order valence-corrected chi connectivity index (χ4v) is 3.43. The van der Waals surface area contributed by atoms with Crippen molar-refractivity contribution in [3.05, 3.63) is 35.1 Å². The van der Waals surface area contributed by atoms with Gasteiger partial charge in [0, 0.05) is 11.6 Å². The van der Waals surface area contributed by atoms with E-state index in [0.717, 1.165) is 31.7 Å². The summed E-state index contributed by atoms with van der Waals surface area (Å²) in [4.78, 5) is 0. The first kappa shape index (κ1) is 15.4. The van der Waals surface area contributed by atoms with Crippen LogP contribution in [0.1, 0.15) is 50.6 Å². The Bertz CT molecular complexity index is 461. The summed E-state index contributed by atoms with van der Waals surface area (Å²) in [5, 5.41) is 3.09. The zero-order valence-corrected chi connectivity index (χ0v) is 12.1. The van der Waals surface area contributed by atoms with Crippen molar-refractivity contribution in [2.45, 2.75) is 45.1 Å². The van der Waals surface area contributed by atoms with Crippen LogP contribution in [0.25, 0.3) is 0 Å². The lowest BCUT2D eigenvalue weighted by Crippen LogP contribution is -2.30. The van der Waals surface area contributed by atoms with Crippen LogP contribution >= 0.6 is 0 Å². The van der Waals surface area contributed by atoms with Crippen LogP contribution < -0.4 is 5.32 Å².